The summed E-state index contributed by atoms with van der Waals surface area (Å²) in [4.78, 5) is 8.93. The molecular formula is C17H31IN4O2S. The average Bonchev–Trinajstić information content (AvgIpc) is 2.58. The van der Waals surface area contributed by atoms with Gasteiger partial charge in [0.1, 0.15) is 6.61 Å². The number of nitrogens with zero attached hydrogens (tertiary/aromatic N) is 2. The summed E-state index contributed by atoms with van der Waals surface area (Å²) in [7, 11) is 1.65. The highest BCUT2D eigenvalue weighted by molar-refractivity contribution is 14.0. The summed E-state index contributed by atoms with van der Waals surface area (Å²) in [6.07, 6.45) is 3.84. The standard InChI is InChI=1S/C17H30N4O2S.HI/c1-6-18-16(21-13-17(2,3)24-5)20-12-14-8-7-9-19-15(14)23-11-10-22-4;/h7-9H,6,10-13H2,1-5H3,(H2,18,20,21);1H. The molecule has 0 aromatic carbocycles. The second-order valence-corrected chi connectivity index (χ2v) is 7.33. The molecule has 25 heavy (non-hydrogen) atoms. The van der Waals surface area contributed by atoms with Gasteiger partial charge in [0.25, 0.3) is 0 Å². The van der Waals surface area contributed by atoms with Crippen LogP contribution in [0.25, 0.3) is 0 Å². The molecule has 0 atom stereocenters. The number of halogens is 1. The van der Waals surface area contributed by atoms with E-state index in [1.807, 2.05) is 23.9 Å². The Morgan fingerprint density at radius 1 is 1.32 bits per heavy atom. The van der Waals surface area contributed by atoms with Crippen molar-refractivity contribution >= 4 is 41.7 Å². The fourth-order valence-electron chi connectivity index (χ4n) is 1.77. The molecule has 6 nitrogen and oxygen atoms in total. The number of methoxy groups -OCH3 is 1. The van der Waals surface area contributed by atoms with Gasteiger partial charge in [0.15, 0.2) is 5.96 Å². The molecule has 0 aliphatic rings. The summed E-state index contributed by atoms with van der Waals surface area (Å²) < 4.78 is 10.8. The number of nitrogens with one attached hydrogen (secondary N) is 2. The van der Waals surface area contributed by atoms with E-state index in [1.165, 1.54) is 0 Å². The zero-order valence-electron chi connectivity index (χ0n) is 15.8. The van der Waals surface area contributed by atoms with Crippen molar-refractivity contribution < 1.29 is 9.47 Å². The SMILES string of the molecule is CCNC(=NCc1cccnc1OCCOC)NCC(C)(C)SC.I. The number of aliphatic imine (C=N–C) groups is 1. The Morgan fingerprint density at radius 3 is 2.72 bits per heavy atom. The molecule has 0 bridgehead atoms. The third-order valence-corrected chi connectivity index (χ3v) is 4.61. The van der Waals surface area contributed by atoms with Gasteiger partial charge in [-0.15, -0.1) is 24.0 Å². The minimum absolute atomic E-state index is 0. The van der Waals surface area contributed by atoms with Crippen molar-refractivity contribution in [2.24, 2.45) is 4.99 Å². The summed E-state index contributed by atoms with van der Waals surface area (Å²) in [5.41, 5.74) is 0.954. The third kappa shape index (κ3) is 10.1. The van der Waals surface area contributed by atoms with Gasteiger partial charge in [-0.25, -0.2) is 9.98 Å². The van der Waals surface area contributed by atoms with Crippen molar-refractivity contribution in [3.05, 3.63) is 23.9 Å². The maximum absolute atomic E-state index is 5.65. The number of hydrogen-bond acceptors (Lipinski definition) is 5. The lowest BCUT2D eigenvalue weighted by Gasteiger charge is -2.23. The molecule has 1 aromatic rings. The van der Waals surface area contributed by atoms with E-state index in [4.69, 9.17) is 9.47 Å². The second kappa shape index (κ2) is 13.5. The largest absolute Gasteiger partial charge is 0.475 e. The monoisotopic (exact) mass is 482 g/mol. The normalized spacial score (nSPS) is 11.6. The highest BCUT2D eigenvalue weighted by Crippen LogP contribution is 2.19. The van der Waals surface area contributed by atoms with E-state index in [0.717, 1.165) is 24.6 Å². The van der Waals surface area contributed by atoms with Crippen LogP contribution < -0.4 is 15.4 Å². The maximum atomic E-state index is 5.65. The first-order valence-electron chi connectivity index (χ1n) is 8.15. The van der Waals surface area contributed by atoms with E-state index in [0.29, 0.717) is 25.6 Å². The smallest absolute Gasteiger partial charge is 0.218 e. The Bertz CT molecular complexity index is 515. The van der Waals surface area contributed by atoms with Gasteiger partial charge in [0, 0.05) is 36.7 Å². The van der Waals surface area contributed by atoms with E-state index in [1.54, 1.807) is 13.3 Å². The lowest BCUT2D eigenvalue weighted by atomic mass is 10.2. The molecule has 0 radical (unpaired) electrons. The van der Waals surface area contributed by atoms with Crippen LogP contribution >= 0.6 is 35.7 Å². The molecule has 0 saturated heterocycles. The highest BCUT2D eigenvalue weighted by Gasteiger charge is 2.16. The quantitative estimate of drug-likeness (QED) is 0.232. The predicted octanol–water partition coefficient (Wildman–Crippen LogP) is 2.92. The van der Waals surface area contributed by atoms with E-state index in [2.05, 4.69) is 47.6 Å². The Morgan fingerprint density at radius 2 is 2.08 bits per heavy atom. The van der Waals surface area contributed by atoms with Crippen LogP contribution in [0.3, 0.4) is 0 Å². The van der Waals surface area contributed by atoms with Crippen molar-refractivity contribution in [1.82, 2.24) is 15.6 Å². The molecule has 144 valence electrons. The molecule has 0 saturated carbocycles. The number of ether oxygens (including phenoxy) is 2. The van der Waals surface area contributed by atoms with E-state index in [-0.39, 0.29) is 28.7 Å². The van der Waals surface area contributed by atoms with Crippen LogP contribution in [-0.2, 0) is 11.3 Å². The Kier molecular flexibility index (Phi) is 13.1. The number of rotatable bonds is 10. The van der Waals surface area contributed by atoms with Gasteiger partial charge in [-0.2, -0.15) is 11.8 Å². The first kappa shape index (κ1) is 24.3. The molecule has 0 unspecified atom stereocenters. The molecule has 0 aliphatic carbocycles. The molecule has 0 aliphatic heterocycles. The van der Waals surface area contributed by atoms with Crippen LogP contribution in [0.4, 0.5) is 0 Å². The first-order valence-corrected chi connectivity index (χ1v) is 9.38. The summed E-state index contributed by atoms with van der Waals surface area (Å²) >= 11 is 1.83. The van der Waals surface area contributed by atoms with Gasteiger partial charge in [-0.1, -0.05) is 6.07 Å². The lowest BCUT2D eigenvalue weighted by molar-refractivity contribution is 0.143. The second-order valence-electron chi connectivity index (χ2n) is 5.82. The van der Waals surface area contributed by atoms with Gasteiger partial charge in [-0.05, 0) is 33.1 Å². The predicted molar refractivity (Wildman–Crippen MR) is 117 cm³/mol. The molecule has 8 heteroatoms. The number of pyridine rings is 1. The first-order chi connectivity index (χ1) is 11.5. The van der Waals surface area contributed by atoms with Gasteiger partial charge >= 0.3 is 0 Å². The van der Waals surface area contributed by atoms with Gasteiger partial charge in [-0.3, -0.25) is 0 Å². The Hall–Kier alpha value is -0.740. The van der Waals surface area contributed by atoms with Crippen LogP contribution in [-0.4, -0.2) is 55.4 Å². The maximum Gasteiger partial charge on any atom is 0.218 e. The van der Waals surface area contributed by atoms with Crippen molar-refractivity contribution in [3.8, 4) is 5.88 Å². The lowest BCUT2D eigenvalue weighted by Crippen LogP contribution is -2.43. The molecule has 1 heterocycles. The Balaban J connectivity index is 0.00000576. The number of aromatic nitrogens is 1. The number of guanidine groups is 1. The highest BCUT2D eigenvalue weighted by atomic mass is 127. The van der Waals surface area contributed by atoms with E-state index >= 15 is 0 Å². The van der Waals surface area contributed by atoms with Crippen LogP contribution in [0.1, 0.15) is 26.3 Å². The summed E-state index contributed by atoms with van der Waals surface area (Å²) in [5, 5.41) is 6.66. The summed E-state index contributed by atoms with van der Waals surface area (Å²) in [6.45, 7) is 9.64. The molecule has 2 N–H and O–H groups in total. The van der Waals surface area contributed by atoms with Crippen molar-refractivity contribution in [1.29, 1.82) is 0 Å². The van der Waals surface area contributed by atoms with E-state index in [9.17, 15) is 0 Å². The molecule has 1 aromatic heterocycles. The minimum Gasteiger partial charge on any atom is -0.475 e. The van der Waals surface area contributed by atoms with Crippen molar-refractivity contribution in [3.63, 3.8) is 0 Å². The Labute approximate surface area is 173 Å². The summed E-state index contributed by atoms with van der Waals surface area (Å²) in [5.74, 6) is 1.41. The minimum atomic E-state index is 0. The van der Waals surface area contributed by atoms with Crippen LogP contribution in [0.2, 0.25) is 0 Å². The fourth-order valence-corrected chi connectivity index (χ4v) is 1.99. The fraction of sp³-hybridized carbons (Fsp3) is 0.647. The van der Waals surface area contributed by atoms with Gasteiger partial charge in [0.05, 0.1) is 13.2 Å². The van der Waals surface area contributed by atoms with Crippen molar-refractivity contribution in [2.75, 3.05) is 39.7 Å². The molecule has 0 spiro atoms. The van der Waals surface area contributed by atoms with Gasteiger partial charge in [0.2, 0.25) is 5.88 Å². The molecule has 0 fully saturated rings. The van der Waals surface area contributed by atoms with Crippen LogP contribution in [0.5, 0.6) is 5.88 Å². The zero-order chi connectivity index (χ0) is 17.8. The average molecular weight is 482 g/mol. The summed E-state index contributed by atoms with van der Waals surface area (Å²) in [6, 6.07) is 3.87. The molecule has 0 amide bonds. The zero-order valence-corrected chi connectivity index (χ0v) is 18.9. The number of hydrogen-bond donors (Lipinski definition) is 2. The molecule has 1 rings (SSSR count). The van der Waals surface area contributed by atoms with Crippen molar-refractivity contribution in [2.45, 2.75) is 32.1 Å². The number of thioether (sulfide) groups is 1. The van der Waals surface area contributed by atoms with Crippen LogP contribution in [0, 0.1) is 0 Å². The molecular weight excluding hydrogens is 451 g/mol. The van der Waals surface area contributed by atoms with Crippen LogP contribution in [0.15, 0.2) is 23.3 Å². The van der Waals surface area contributed by atoms with Gasteiger partial charge < -0.3 is 20.1 Å². The van der Waals surface area contributed by atoms with E-state index < -0.39 is 0 Å². The third-order valence-electron chi connectivity index (χ3n) is 3.36. The topological polar surface area (TPSA) is 67.8 Å².